The van der Waals surface area contributed by atoms with E-state index in [1.54, 1.807) is 0 Å². The number of ether oxygens (including phenoxy) is 2. The van der Waals surface area contributed by atoms with Crippen LogP contribution in [0.5, 0.6) is 5.75 Å². The summed E-state index contributed by atoms with van der Waals surface area (Å²) >= 11 is 0. The van der Waals surface area contributed by atoms with Crippen LogP contribution in [-0.4, -0.2) is 48.3 Å². The van der Waals surface area contributed by atoms with Gasteiger partial charge in [-0.3, -0.25) is 4.79 Å². The Balaban J connectivity index is 1.57. The van der Waals surface area contributed by atoms with Crippen LogP contribution in [0, 0.1) is 0 Å². The summed E-state index contributed by atoms with van der Waals surface area (Å²) in [6.07, 6.45) is 1.96. The third-order valence-corrected chi connectivity index (χ3v) is 6.98. The van der Waals surface area contributed by atoms with Crippen LogP contribution in [0.1, 0.15) is 42.0 Å². The van der Waals surface area contributed by atoms with Gasteiger partial charge in [-0.25, -0.2) is 4.99 Å². The highest BCUT2D eigenvalue weighted by Crippen LogP contribution is 2.34. The first-order valence-electron chi connectivity index (χ1n) is 13.6. The molecule has 2 atom stereocenters. The van der Waals surface area contributed by atoms with Crippen molar-refractivity contribution in [2.45, 2.75) is 50.8 Å². The van der Waals surface area contributed by atoms with Gasteiger partial charge >= 0.3 is 0 Å². The van der Waals surface area contributed by atoms with Gasteiger partial charge in [-0.1, -0.05) is 59.7 Å². The molecule has 0 spiro atoms. The fourth-order valence-corrected chi connectivity index (χ4v) is 4.72. The van der Waals surface area contributed by atoms with Crippen molar-refractivity contribution in [3.8, 4) is 5.75 Å². The molecular weight excluding hydrogens is 506 g/mol. The number of nitrogens with one attached hydrogen (secondary N) is 1. The van der Waals surface area contributed by atoms with E-state index in [0.29, 0.717) is 37.6 Å². The Morgan fingerprint density at radius 1 is 1.07 bits per heavy atom. The van der Waals surface area contributed by atoms with Crippen LogP contribution in [0.4, 0.5) is 0 Å². The summed E-state index contributed by atoms with van der Waals surface area (Å²) in [6.45, 7) is 3.05. The number of benzene rings is 3. The molecule has 1 aliphatic rings. The van der Waals surface area contributed by atoms with Gasteiger partial charge in [0, 0.05) is 36.5 Å². The lowest BCUT2D eigenvalue weighted by molar-refractivity contribution is -0.128. The SMILES string of the molecule is C[C@H]1OC(c2ccc(OCCCO)cc2)=N[C@@]1(Cc1ccccc1CN=[N+]=[N-])C(=O)NCCCc1ccccc1. The molecule has 0 unspecified atom stereocenters. The molecule has 40 heavy (non-hydrogen) atoms. The Morgan fingerprint density at radius 2 is 1.80 bits per heavy atom. The summed E-state index contributed by atoms with van der Waals surface area (Å²) in [6, 6.07) is 25.1. The minimum atomic E-state index is -1.20. The zero-order chi connectivity index (χ0) is 28.2. The number of hydrogen-bond donors (Lipinski definition) is 2. The Bertz CT molecular complexity index is 1340. The number of amides is 1. The number of aryl methyl sites for hydroxylation is 1. The van der Waals surface area contributed by atoms with Gasteiger partial charge in [0.2, 0.25) is 5.90 Å². The van der Waals surface area contributed by atoms with E-state index in [1.807, 2.05) is 73.7 Å². The molecule has 2 N–H and O–H groups in total. The van der Waals surface area contributed by atoms with Gasteiger partial charge in [0.15, 0.2) is 5.54 Å². The van der Waals surface area contributed by atoms with E-state index in [1.165, 1.54) is 5.56 Å². The summed E-state index contributed by atoms with van der Waals surface area (Å²) < 4.78 is 11.9. The smallest absolute Gasteiger partial charge is 0.252 e. The zero-order valence-electron chi connectivity index (χ0n) is 22.7. The van der Waals surface area contributed by atoms with Gasteiger partial charge in [0.25, 0.3) is 5.91 Å². The normalized spacial score (nSPS) is 17.9. The number of hydrogen-bond acceptors (Lipinski definition) is 6. The van der Waals surface area contributed by atoms with E-state index >= 15 is 0 Å². The Hall–Kier alpha value is -4.33. The Morgan fingerprint density at radius 3 is 2.52 bits per heavy atom. The molecule has 0 aliphatic carbocycles. The van der Waals surface area contributed by atoms with Crippen LogP contribution in [0.25, 0.3) is 10.4 Å². The molecule has 4 rings (SSSR count). The first-order valence-corrected chi connectivity index (χ1v) is 13.6. The molecule has 1 amide bonds. The van der Waals surface area contributed by atoms with Crippen molar-refractivity contribution in [1.29, 1.82) is 0 Å². The van der Waals surface area contributed by atoms with E-state index in [4.69, 9.17) is 25.1 Å². The summed E-state index contributed by atoms with van der Waals surface area (Å²) in [5.74, 6) is 0.866. The van der Waals surface area contributed by atoms with E-state index < -0.39 is 11.6 Å². The second-order valence-electron chi connectivity index (χ2n) is 9.73. The first kappa shape index (κ1) is 28.7. The largest absolute Gasteiger partial charge is 0.494 e. The van der Waals surface area contributed by atoms with Crippen LogP contribution in [0.3, 0.4) is 0 Å². The molecule has 0 saturated heterocycles. The summed E-state index contributed by atoms with van der Waals surface area (Å²) in [4.78, 5) is 21.7. The van der Waals surface area contributed by atoms with Crippen LogP contribution in [-0.2, 0) is 28.9 Å². The van der Waals surface area contributed by atoms with Gasteiger partial charge in [-0.2, -0.15) is 0 Å². The lowest BCUT2D eigenvalue weighted by atomic mass is 9.84. The van der Waals surface area contributed by atoms with Gasteiger partial charge < -0.3 is 19.9 Å². The lowest BCUT2D eigenvalue weighted by Gasteiger charge is -2.29. The lowest BCUT2D eigenvalue weighted by Crippen LogP contribution is -2.52. The van der Waals surface area contributed by atoms with Gasteiger partial charge in [0.05, 0.1) is 13.2 Å². The van der Waals surface area contributed by atoms with Crippen molar-refractivity contribution in [1.82, 2.24) is 5.32 Å². The maximum Gasteiger partial charge on any atom is 0.252 e. The number of rotatable bonds is 14. The molecular formula is C31H35N5O4. The van der Waals surface area contributed by atoms with E-state index in [0.717, 1.165) is 29.5 Å². The zero-order valence-corrected chi connectivity index (χ0v) is 22.7. The van der Waals surface area contributed by atoms with Gasteiger partial charge in [-0.05, 0) is 66.3 Å². The Labute approximate surface area is 234 Å². The summed E-state index contributed by atoms with van der Waals surface area (Å²) in [7, 11) is 0. The molecule has 0 bridgehead atoms. The van der Waals surface area contributed by atoms with Crippen LogP contribution in [0.15, 0.2) is 89.0 Å². The maximum absolute atomic E-state index is 13.9. The average Bonchev–Trinajstić information content (AvgIpc) is 3.32. The van der Waals surface area contributed by atoms with Crippen molar-refractivity contribution in [2.75, 3.05) is 19.8 Å². The second-order valence-corrected chi connectivity index (χ2v) is 9.73. The number of azide groups is 1. The van der Waals surface area contributed by atoms with Crippen molar-refractivity contribution < 1.29 is 19.4 Å². The highest BCUT2D eigenvalue weighted by atomic mass is 16.5. The molecule has 208 valence electrons. The van der Waals surface area contributed by atoms with E-state index in [9.17, 15) is 4.79 Å². The minimum Gasteiger partial charge on any atom is -0.494 e. The number of aliphatic hydroxyl groups is 1. The summed E-state index contributed by atoms with van der Waals surface area (Å²) in [5.41, 5.74) is 11.3. The number of nitrogens with zero attached hydrogens (tertiary/aromatic N) is 4. The minimum absolute atomic E-state index is 0.0724. The highest BCUT2D eigenvalue weighted by molar-refractivity contribution is 6.00. The monoisotopic (exact) mass is 541 g/mol. The fourth-order valence-electron chi connectivity index (χ4n) is 4.72. The molecule has 3 aromatic rings. The Kier molecular flexibility index (Phi) is 10.2. The quantitative estimate of drug-likeness (QED) is 0.126. The molecule has 9 nitrogen and oxygen atoms in total. The predicted molar refractivity (Wildman–Crippen MR) is 154 cm³/mol. The number of carbonyl (C=O) groups excluding carboxylic acids is 1. The van der Waals surface area contributed by atoms with E-state index in [2.05, 4.69) is 27.5 Å². The van der Waals surface area contributed by atoms with E-state index in [-0.39, 0.29) is 19.1 Å². The van der Waals surface area contributed by atoms with Crippen LogP contribution in [0.2, 0.25) is 0 Å². The standard InChI is InChI=1S/C31H35N5O4/c1-23-31(21-26-12-5-6-13-27(26)22-34-36-32,30(38)33-18-7-11-24-9-3-2-4-10-24)35-29(40-23)25-14-16-28(17-15-25)39-20-8-19-37/h2-6,9-10,12-17,23,37H,7-8,11,18-22H2,1H3,(H,33,38)/t23-,31-/m1/s1. The average molecular weight is 542 g/mol. The van der Waals surface area contributed by atoms with Gasteiger partial charge in [0.1, 0.15) is 11.9 Å². The third-order valence-electron chi connectivity index (χ3n) is 6.98. The van der Waals surface area contributed by atoms with Crippen molar-refractivity contribution >= 4 is 11.8 Å². The molecule has 0 saturated carbocycles. The maximum atomic E-state index is 13.9. The van der Waals surface area contributed by atoms with Crippen molar-refractivity contribution in [3.63, 3.8) is 0 Å². The number of aliphatic imine (C=N–C) groups is 1. The van der Waals surface area contributed by atoms with Crippen LogP contribution < -0.4 is 10.1 Å². The molecule has 1 heterocycles. The highest BCUT2D eigenvalue weighted by Gasteiger charge is 2.50. The fraction of sp³-hybridized carbons (Fsp3) is 0.355. The predicted octanol–water partition coefficient (Wildman–Crippen LogP) is 5.15. The molecule has 1 aliphatic heterocycles. The molecule has 0 radical (unpaired) electrons. The topological polar surface area (TPSA) is 129 Å². The van der Waals surface area contributed by atoms with Crippen LogP contribution >= 0.6 is 0 Å². The molecule has 3 aromatic carbocycles. The third kappa shape index (κ3) is 7.20. The van der Waals surface area contributed by atoms with Crippen molar-refractivity contribution in [3.05, 3.63) is 112 Å². The molecule has 0 fully saturated rings. The molecule has 0 aromatic heterocycles. The summed E-state index contributed by atoms with van der Waals surface area (Å²) in [5, 5.41) is 15.8. The first-order chi connectivity index (χ1) is 19.6. The second kappa shape index (κ2) is 14.2. The molecule has 9 heteroatoms. The van der Waals surface area contributed by atoms with Gasteiger partial charge in [-0.15, -0.1) is 0 Å². The number of carbonyl (C=O) groups is 1. The van der Waals surface area contributed by atoms with Crippen molar-refractivity contribution in [2.24, 2.45) is 10.1 Å². The number of aliphatic hydroxyl groups excluding tert-OH is 1.